The molecule has 106 valence electrons. The lowest BCUT2D eigenvalue weighted by atomic mass is 9.94. The van der Waals surface area contributed by atoms with E-state index in [0.29, 0.717) is 12.3 Å². The third kappa shape index (κ3) is 6.08. The number of nitrogens with one attached hydrogen (secondary N) is 2. The minimum Gasteiger partial charge on any atom is -0.356 e. The van der Waals surface area contributed by atoms with Crippen LogP contribution in [-0.2, 0) is 11.2 Å². The lowest BCUT2D eigenvalue weighted by Crippen LogP contribution is -2.32. The standard InChI is InChI=1S/C15H22N2O.ClH/c18-15(12-14-6-9-16-10-7-14)17-11-8-13-4-2-1-3-5-13;/h1-5,14,16H,6-12H2,(H,17,18);1H. The van der Waals surface area contributed by atoms with Crippen molar-refractivity contribution < 1.29 is 4.79 Å². The van der Waals surface area contributed by atoms with Crippen LogP contribution in [0.15, 0.2) is 30.3 Å². The first-order valence-corrected chi connectivity index (χ1v) is 6.86. The van der Waals surface area contributed by atoms with Crippen LogP contribution < -0.4 is 10.6 Å². The number of hydrogen-bond acceptors (Lipinski definition) is 2. The monoisotopic (exact) mass is 282 g/mol. The van der Waals surface area contributed by atoms with Gasteiger partial charge in [-0.2, -0.15) is 0 Å². The van der Waals surface area contributed by atoms with Crippen molar-refractivity contribution in [2.24, 2.45) is 5.92 Å². The Morgan fingerprint density at radius 2 is 1.89 bits per heavy atom. The Hall–Kier alpha value is -1.06. The van der Waals surface area contributed by atoms with E-state index >= 15 is 0 Å². The lowest BCUT2D eigenvalue weighted by molar-refractivity contribution is -0.122. The first-order chi connectivity index (χ1) is 8.84. The molecule has 1 heterocycles. The summed E-state index contributed by atoms with van der Waals surface area (Å²) < 4.78 is 0. The second-order valence-corrected chi connectivity index (χ2v) is 4.98. The molecule has 1 aliphatic heterocycles. The minimum absolute atomic E-state index is 0. The summed E-state index contributed by atoms with van der Waals surface area (Å²) in [6.45, 7) is 2.86. The van der Waals surface area contributed by atoms with Crippen LogP contribution in [0, 0.1) is 5.92 Å². The third-order valence-corrected chi connectivity index (χ3v) is 3.51. The Morgan fingerprint density at radius 3 is 2.58 bits per heavy atom. The van der Waals surface area contributed by atoms with Gasteiger partial charge in [-0.15, -0.1) is 12.4 Å². The maximum absolute atomic E-state index is 11.8. The van der Waals surface area contributed by atoms with Crippen LogP contribution in [0.1, 0.15) is 24.8 Å². The van der Waals surface area contributed by atoms with Gasteiger partial charge in [0.1, 0.15) is 0 Å². The summed E-state index contributed by atoms with van der Waals surface area (Å²) in [5, 5.41) is 6.34. The number of carbonyl (C=O) groups is 1. The topological polar surface area (TPSA) is 41.1 Å². The summed E-state index contributed by atoms with van der Waals surface area (Å²) in [6, 6.07) is 10.3. The molecule has 1 aromatic rings. The smallest absolute Gasteiger partial charge is 0.220 e. The van der Waals surface area contributed by atoms with Crippen LogP contribution in [0.3, 0.4) is 0 Å². The summed E-state index contributed by atoms with van der Waals surface area (Å²) in [5.41, 5.74) is 1.28. The SMILES string of the molecule is Cl.O=C(CC1CCNCC1)NCCc1ccccc1. The largest absolute Gasteiger partial charge is 0.356 e. The molecule has 0 radical (unpaired) electrons. The number of rotatable bonds is 5. The molecule has 19 heavy (non-hydrogen) atoms. The average Bonchev–Trinajstić information content (AvgIpc) is 2.41. The minimum atomic E-state index is 0. The Kier molecular flexibility index (Phi) is 7.53. The zero-order valence-corrected chi connectivity index (χ0v) is 12.0. The summed E-state index contributed by atoms with van der Waals surface area (Å²) in [4.78, 5) is 11.8. The summed E-state index contributed by atoms with van der Waals surface area (Å²) in [6.07, 6.45) is 3.87. The Balaban J connectivity index is 0.00000180. The van der Waals surface area contributed by atoms with Crippen molar-refractivity contribution in [3.63, 3.8) is 0 Å². The van der Waals surface area contributed by atoms with E-state index in [1.807, 2.05) is 18.2 Å². The second-order valence-electron chi connectivity index (χ2n) is 4.98. The molecule has 1 saturated heterocycles. The first kappa shape index (κ1) is 16.0. The molecule has 3 nitrogen and oxygen atoms in total. The molecular formula is C15H23ClN2O. The molecule has 0 saturated carbocycles. The first-order valence-electron chi connectivity index (χ1n) is 6.86. The van der Waals surface area contributed by atoms with Crippen molar-refractivity contribution in [1.82, 2.24) is 10.6 Å². The van der Waals surface area contributed by atoms with Gasteiger partial charge in [0.2, 0.25) is 5.91 Å². The van der Waals surface area contributed by atoms with E-state index in [0.717, 1.165) is 38.9 Å². The van der Waals surface area contributed by atoms with E-state index in [2.05, 4.69) is 22.8 Å². The molecule has 2 rings (SSSR count). The van der Waals surface area contributed by atoms with E-state index < -0.39 is 0 Å². The fraction of sp³-hybridized carbons (Fsp3) is 0.533. The Morgan fingerprint density at radius 1 is 1.21 bits per heavy atom. The highest BCUT2D eigenvalue weighted by molar-refractivity contribution is 5.85. The molecule has 0 aromatic heterocycles. The molecule has 1 aliphatic rings. The zero-order chi connectivity index (χ0) is 12.6. The molecule has 1 fully saturated rings. The Bertz CT molecular complexity index is 364. The van der Waals surface area contributed by atoms with Crippen LogP contribution in [0.4, 0.5) is 0 Å². The number of benzene rings is 1. The van der Waals surface area contributed by atoms with Crippen molar-refractivity contribution in [1.29, 1.82) is 0 Å². The van der Waals surface area contributed by atoms with Crippen LogP contribution in [0.25, 0.3) is 0 Å². The predicted molar refractivity (Wildman–Crippen MR) is 80.6 cm³/mol. The molecule has 0 bridgehead atoms. The maximum Gasteiger partial charge on any atom is 0.220 e. The molecule has 1 amide bonds. The van der Waals surface area contributed by atoms with E-state index in [-0.39, 0.29) is 18.3 Å². The van der Waals surface area contributed by atoms with Gasteiger partial charge in [0.05, 0.1) is 0 Å². The normalized spacial score (nSPS) is 15.6. The molecule has 4 heteroatoms. The fourth-order valence-electron chi connectivity index (χ4n) is 2.41. The quantitative estimate of drug-likeness (QED) is 0.869. The van der Waals surface area contributed by atoms with Crippen LogP contribution in [-0.4, -0.2) is 25.5 Å². The molecule has 1 aromatic carbocycles. The fourth-order valence-corrected chi connectivity index (χ4v) is 2.41. The van der Waals surface area contributed by atoms with Crippen LogP contribution in [0.5, 0.6) is 0 Å². The van der Waals surface area contributed by atoms with Gasteiger partial charge in [-0.05, 0) is 43.8 Å². The van der Waals surface area contributed by atoms with Gasteiger partial charge < -0.3 is 10.6 Å². The molecule has 0 atom stereocenters. The molecule has 2 N–H and O–H groups in total. The lowest BCUT2D eigenvalue weighted by Gasteiger charge is -2.21. The van der Waals surface area contributed by atoms with E-state index in [9.17, 15) is 4.79 Å². The van der Waals surface area contributed by atoms with Crippen LogP contribution >= 0.6 is 12.4 Å². The third-order valence-electron chi connectivity index (χ3n) is 3.51. The van der Waals surface area contributed by atoms with Crippen molar-refractivity contribution >= 4 is 18.3 Å². The van der Waals surface area contributed by atoms with Crippen molar-refractivity contribution in [2.45, 2.75) is 25.7 Å². The van der Waals surface area contributed by atoms with Crippen molar-refractivity contribution in [3.8, 4) is 0 Å². The van der Waals surface area contributed by atoms with Gasteiger partial charge >= 0.3 is 0 Å². The summed E-state index contributed by atoms with van der Waals surface area (Å²) >= 11 is 0. The summed E-state index contributed by atoms with van der Waals surface area (Å²) in [5.74, 6) is 0.779. The highest BCUT2D eigenvalue weighted by atomic mass is 35.5. The Labute approximate surface area is 121 Å². The molecular weight excluding hydrogens is 260 g/mol. The van der Waals surface area contributed by atoms with Gasteiger partial charge in [0, 0.05) is 13.0 Å². The van der Waals surface area contributed by atoms with E-state index in [1.165, 1.54) is 5.56 Å². The zero-order valence-electron chi connectivity index (χ0n) is 11.2. The van der Waals surface area contributed by atoms with Gasteiger partial charge in [0.25, 0.3) is 0 Å². The number of amides is 1. The van der Waals surface area contributed by atoms with E-state index in [1.54, 1.807) is 0 Å². The number of hydrogen-bond donors (Lipinski definition) is 2. The number of piperidine rings is 1. The highest BCUT2D eigenvalue weighted by Crippen LogP contribution is 2.15. The average molecular weight is 283 g/mol. The highest BCUT2D eigenvalue weighted by Gasteiger charge is 2.16. The van der Waals surface area contributed by atoms with Crippen molar-refractivity contribution in [3.05, 3.63) is 35.9 Å². The molecule has 0 unspecified atom stereocenters. The predicted octanol–water partition coefficient (Wildman–Crippen LogP) is 2.16. The second kappa shape index (κ2) is 8.94. The van der Waals surface area contributed by atoms with E-state index in [4.69, 9.17) is 0 Å². The molecule has 0 spiro atoms. The van der Waals surface area contributed by atoms with Crippen LogP contribution in [0.2, 0.25) is 0 Å². The van der Waals surface area contributed by atoms with Crippen molar-refractivity contribution in [2.75, 3.05) is 19.6 Å². The van der Waals surface area contributed by atoms with Gasteiger partial charge in [-0.25, -0.2) is 0 Å². The van der Waals surface area contributed by atoms with Gasteiger partial charge in [0.15, 0.2) is 0 Å². The maximum atomic E-state index is 11.8. The molecule has 0 aliphatic carbocycles. The number of halogens is 1. The van der Waals surface area contributed by atoms with Gasteiger partial charge in [-0.1, -0.05) is 30.3 Å². The number of carbonyl (C=O) groups excluding carboxylic acids is 1. The van der Waals surface area contributed by atoms with Gasteiger partial charge in [-0.3, -0.25) is 4.79 Å². The summed E-state index contributed by atoms with van der Waals surface area (Å²) in [7, 11) is 0.